The number of benzene rings is 1. The molecule has 0 spiro atoms. The van der Waals surface area contributed by atoms with Crippen molar-refractivity contribution < 1.29 is 4.39 Å². The van der Waals surface area contributed by atoms with Crippen LogP contribution in [0.2, 0.25) is 0 Å². The van der Waals surface area contributed by atoms with Gasteiger partial charge in [0, 0.05) is 11.9 Å². The Morgan fingerprint density at radius 3 is 2.40 bits per heavy atom. The topological polar surface area (TPSA) is 12.0 Å². The van der Waals surface area contributed by atoms with E-state index in [1.165, 1.54) is 24.1 Å². The van der Waals surface area contributed by atoms with Crippen molar-refractivity contribution in [2.45, 2.75) is 0 Å². The molecule has 3 heteroatoms. The number of rotatable bonds is 2. The molecule has 1 N–H and O–H groups in total. The molecule has 1 rings (SSSR count). The average molecular weight is 157 g/mol. The molecule has 0 atom stereocenters. The lowest BCUT2D eigenvalue weighted by Crippen LogP contribution is -1.83. The lowest BCUT2D eigenvalue weighted by molar-refractivity contribution is 0.628. The summed E-state index contributed by atoms with van der Waals surface area (Å²) in [5.74, 6) is -0.202. The molecule has 1 aromatic carbocycles. The van der Waals surface area contributed by atoms with Gasteiger partial charge in [-0.1, -0.05) is 11.9 Å². The van der Waals surface area contributed by atoms with Crippen molar-refractivity contribution in [3.8, 4) is 0 Å². The van der Waals surface area contributed by atoms with Crippen molar-refractivity contribution in [1.29, 1.82) is 0 Å². The molecular formula is C7H8FNS. The van der Waals surface area contributed by atoms with E-state index in [1.807, 2.05) is 6.26 Å². The summed E-state index contributed by atoms with van der Waals surface area (Å²) < 4.78 is 15.3. The fourth-order valence-corrected chi connectivity index (χ4v) is 1.01. The van der Waals surface area contributed by atoms with Gasteiger partial charge in [0.1, 0.15) is 5.82 Å². The SMILES string of the molecule is CSNc1ccc(F)cc1. The standard InChI is InChI=1S/C7H8FNS/c1-10-9-7-4-2-6(8)3-5-7/h2-5,9H,1H3. The predicted molar refractivity (Wildman–Crippen MR) is 43.5 cm³/mol. The van der Waals surface area contributed by atoms with Crippen molar-refractivity contribution in [2.24, 2.45) is 0 Å². The number of hydrogen-bond acceptors (Lipinski definition) is 2. The van der Waals surface area contributed by atoms with Gasteiger partial charge < -0.3 is 4.72 Å². The zero-order chi connectivity index (χ0) is 7.40. The van der Waals surface area contributed by atoms with Crippen LogP contribution in [0.25, 0.3) is 0 Å². The molecule has 0 saturated heterocycles. The first-order chi connectivity index (χ1) is 4.83. The first-order valence-corrected chi connectivity index (χ1v) is 4.10. The summed E-state index contributed by atoms with van der Waals surface area (Å²) in [6.07, 6.45) is 1.92. The molecular weight excluding hydrogens is 149 g/mol. The molecule has 10 heavy (non-hydrogen) atoms. The van der Waals surface area contributed by atoms with Gasteiger partial charge in [-0.3, -0.25) is 0 Å². The van der Waals surface area contributed by atoms with Gasteiger partial charge >= 0.3 is 0 Å². The van der Waals surface area contributed by atoms with E-state index in [0.717, 1.165) is 5.69 Å². The van der Waals surface area contributed by atoms with Crippen molar-refractivity contribution in [3.63, 3.8) is 0 Å². The van der Waals surface area contributed by atoms with Gasteiger partial charge in [-0.05, 0) is 24.3 Å². The van der Waals surface area contributed by atoms with E-state index < -0.39 is 0 Å². The summed E-state index contributed by atoms with van der Waals surface area (Å²) in [5, 5.41) is 0. The molecule has 0 aliphatic carbocycles. The Morgan fingerprint density at radius 1 is 1.30 bits per heavy atom. The quantitative estimate of drug-likeness (QED) is 0.662. The third-order valence-electron chi connectivity index (χ3n) is 1.06. The molecule has 54 valence electrons. The van der Waals surface area contributed by atoms with E-state index in [1.54, 1.807) is 12.1 Å². The van der Waals surface area contributed by atoms with E-state index in [-0.39, 0.29) is 5.82 Å². The molecule has 0 aromatic heterocycles. The monoisotopic (exact) mass is 157 g/mol. The maximum Gasteiger partial charge on any atom is 0.123 e. The molecule has 0 bridgehead atoms. The highest BCUT2D eigenvalue weighted by Gasteiger charge is 1.89. The Bertz CT molecular complexity index is 197. The molecule has 0 amide bonds. The van der Waals surface area contributed by atoms with Gasteiger partial charge in [0.05, 0.1) is 0 Å². The molecule has 1 nitrogen and oxygen atoms in total. The van der Waals surface area contributed by atoms with Crippen LogP contribution in [0.4, 0.5) is 10.1 Å². The first-order valence-electron chi connectivity index (χ1n) is 2.87. The summed E-state index contributed by atoms with van der Waals surface area (Å²) in [5.41, 5.74) is 0.925. The van der Waals surface area contributed by atoms with Crippen LogP contribution in [0, 0.1) is 5.82 Å². The second-order valence-corrected chi connectivity index (χ2v) is 2.43. The van der Waals surface area contributed by atoms with E-state index in [0.29, 0.717) is 0 Å². The highest BCUT2D eigenvalue weighted by atomic mass is 32.2. The Hall–Kier alpha value is -0.700. The lowest BCUT2D eigenvalue weighted by Gasteiger charge is -1.99. The van der Waals surface area contributed by atoms with Gasteiger partial charge in [0.2, 0.25) is 0 Å². The summed E-state index contributed by atoms with van der Waals surface area (Å²) in [4.78, 5) is 0. The van der Waals surface area contributed by atoms with Crippen LogP contribution in [-0.2, 0) is 0 Å². The molecule has 0 radical (unpaired) electrons. The van der Waals surface area contributed by atoms with Gasteiger partial charge in [-0.15, -0.1) is 0 Å². The number of hydrogen-bond donors (Lipinski definition) is 1. The molecule has 0 saturated carbocycles. The molecule has 0 fully saturated rings. The average Bonchev–Trinajstić information content (AvgIpc) is 1.95. The number of nitrogens with one attached hydrogen (secondary N) is 1. The van der Waals surface area contributed by atoms with Crippen LogP contribution in [0.15, 0.2) is 24.3 Å². The normalized spacial score (nSPS) is 9.40. The second kappa shape index (κ2) is 3.46. The maximum absolute atomic E-state index is 12.3. The van der Waals surface area contributed by atoms with Crippen LogP contribution in [0.5, 0.6) is 0 Å². The minimum Gasteiger partial charge on any atom is -0.330 e. The highest BCUT2D eigenvalue weighted by Crippen LogP contribution is 2.10. The third kappa shape index (κ3) is 1.92. The molecule has 0 heterocycles. The highest BCUT2D eigenvalue weighted by molar-refractivity contribution is 7.99. The summed E-state index contributed by atoms with van der Waals surface area (Å²) in [6, 6.07) is 6.26. The summed E-state index contributed by atoms with van der Waals surface area (Å²) in [7, 11) is 0. The largest absolute Gasteiger partial charge is 0.330 e. The van der Waals surface area contributed by atoms with E-state index in [9.17, 15) is 4.39 Å². The lowest BCUT2D eigenvalue weighted by atomic mass is 10.3. The van der Waals surface area contributed by atoms with Crippen LogP contribution in [-0.4, -0.2) is 6.26 Å². The number of halogens is 1. The summed E-state index contributed by atoms with van der Waals surface area (Å²) >= 11 is 1.49. The van der Waals surface area contributed by atoms with Crippen molar-refractivity contribution in [3.05, 3.63) is 30.1 Å². The molecule has 0 unspecified atom stereocenters. The van der Waals surface area contributed by atoms with Crippen molar-refractivity contribution in [2.75, 3.05) is 11.0 Å². The zero-order valence-electron chi connectivity index (χ0n) is 5.60. The summed E-state index contributed by atoms with van der Waals surface area (Å²) in [6.45, 7) is 0. The Balaban J connectivity index is 2.69. The van der Waals surface area contributed by atoms with Gasteiger partial charge in [0.15, 0.2) is 0 Å². The fraction of sp³-hybridized carbons (Fsp3) is 0.143. The fourth-order valence-electron chi connectivity index (χ4n) is 0.636. The van der Waals surface area contributed by atoms with Gasteiger partial charge in [-0.25, -0.2) is 4.39 Å². The van der Waals surface area contributed by atoms with E-state index >= 15 is 0 Å². The van der Waals surface area contributed by atoms with Crippen LogP contribution in [0.1, 0.15) is 0 Å². The molecule has 0 aliphatic rings. The van der Waals surface area contributed by atoms with Crippen LogP contribution < -0.4 is 4.72 Å². The Morgan fingerprint density at radius 2 is 1.90 bits per heavy atom. The van der Waals surface area contributed by atoms with E-state index in [2.05, 4.69) is 4.72 Å². The number of anilines is 1. The van der Waals surface area contributed by atoms with Crippen LogP contribution in [0.3, 0.4) is 0 Å². The Labute approximate surface area is 63.8 Å². The molecule has 1 aromatic rings. The predicted octanol–water partition coefficient (Wildman–Crippen LogP) is 2.52. The van der Waals surface area contributed by atoms with E-state index in [4.69, 9.17) is 0 Å². The third-order valence-corrected chi connectivity index (χ3v) is 1.50. The van der Waals surface area contributed by atoms with Crippen molar-refractivity contribution >= 4 is 17.6 Å². The smallest absolute Gasteiger partial charge is 0.123 e. The Kier molecular flexibility index (Phi) is 2.57. The minimum absolute atomic E-state index is 0.202. The minimum atomic E-state index is -0.202. The first kappa shape index (κ1) is 7.41. The van der Waals surface area contributed by atoms with Crippen molar-refractivity contribution in [1.82, 2.24) is 0 Å². The van der Waals surface area contributed by atoms with Gasteiger partial charge in [0.25, 0.3) is 0 Å². The molecule has 0 aliphatic heterocycles. The maximum atomic E-state index is 12.3. The zero-order valence-corrected chi connectivity index (χ0v) is 6.41. The second-order valence-electron chi connectivity index (χ2n) is 1.81. The van der Waals surface area contributed by atoms with Gasteiger partial charge in [-0.2, -0.15) is 0 Å². The van der Waals surface area contributed by atoms with Crippen LogP contribution >= 0.6 is 11.9 Å².